The molecule has 4 nitrogen and oxygen atoms in total. The SMILES string of the molecule is CCN1CCCC(Cc2nc3ccccn3n2)C1. The van der Waals surface area contributed by atoms with Crippen LogP contribution in [0.25, 0.3) is 5.65 Å². The Balaban J connectivity index is 1.71. The Morgan fingerprint density at radius 2 is 2.33 bits per heavy atom. The maximum absolute atomic E-state index is 4.59. The van der Waals surface area contributed by atoms with Gasteiger partial charge in [-0.2, -0.15) is 5.10 Å². The summed E-state index contributed by atoms with van der Waals surface area (Å²) in [5.41, 5.74) is 0.954. The molecule has 3 rings (SSSR count). The van der Waals surface area contributed by atoms with Gasteiger partial charge in [0.2, 0.25) is 0 Å². The highest BCUT2D eigenvalue weighted by atomic mass is 15.3. The third kappa shape index (κ3) is 2.38. The van der Waals surface area contributed by atoms with E-state index in [1.807, 2.05) is 28.9 Å². The van der Waals surface area contributed by atoms with E-state index >= 15 is 0 Å². The highest BCUT2D eigenvalue weighted by Crippen LogP contribution is 2.19. The van der Waals surface area contributed by atoms with Gasteiger partial charge in [0.15, 0.2) is 11.5 Å². The van der Waals surface area contributed by atoms with E-state index in [2.05, 4.69) is 21.9 Å². The second kappa shape index (κ2) is 5.06. The van der Waals surface area contributed by atoms with Gasteiger partial charge in [0.25, 0.3) is 0 Å². The molecule has 0 amide bonds. The first-order valence-electron chi connectivity index (χ1n) is 6.88. The van der Waals surface area contributed by atoms with Gasteiger partial charge >= 0.3 is 0 Å². The van der Waals surface area contributed by atoms with Crippen LogP contribution in [0.15, 0.2) is 24.4 Å². The molecule has 0 aliphatic carbocycles. The number of fused-ring (bicyclic) bond motifs is 1. The van der Waals surface area contributed by atoms with Crippen molar-refractivity contribution in [3.63, 3.8) is 0 Å². The Morgan fingerprint density at radius 3 is 3.17 bits per heavy atom. The van der Waals surface area contributed by atoms with Crippen LogP contribution in [0.1, 0.15) is 25.6 Å². The molecule has 0 N–H and O–H groups in total. The van der Waals surface area contributed by atoms with E-state index in [9.17, 15) is 0 Å². The van der Waals surface area contributed by atoms with Crippen molar-refractivity contribution in [1.82, 2.24) is 19.5 Å². The maximum Gasteiger partial charge on any atom is 0.155 e. The summed E-state index contributed by atoms with van der Waals surface area (Å²) in [6.07, 6.45) is 5.60. The predicted octanol–water partition coefficient (Wildman–Crippen LogP) is 2.00. The van der Waals surface area contributed by atoms with Gasteiger partial charge in [0, 0.05) is 19.2 Å². The van der Waals surface area contributed by atoms with Crippen molar-refractivity contribution in [2.75, 3.05) is 19.6 Å². The predicted molar refractivity (Wildman–Crippen MR) is 71.5 cm³/mol. The molecule has 0 radical (unpaired) electrons. The Morgan fingerprint density at radius 1 is 1.39 bits per heavy atom. The molecule has 1 aliphatic rings. The molecule has 1 fully saturated rings. The molecule has 0 spiro atoms. The fourth-order valence-electron chi connectivity index (χ4n) is 2.83. The van der Waals surface area contributed by atoms with E-state index < -0.39 is 0 Å². The van der Waals surface area contributed by atoms with E-state index in [0.717, 1.165) is 30.4 Å². The van der Waals surface area contributed by atoms with Gasteiger partial charge in [0.1, 0.15) is 0 Å². The van der Waals surface area contributed by atoms with E-state index in [-0.39, 0.29) is 0 Å². The van der Waals surface area contributed by atoms with Crippen LogP contribution in [0, 0.1) is 5.92 Å². The quantitative estimate of drug-likeness (QED) is 0.828. The molecule has 18 heavy (non-hydrogen) atoms. The van der Waals surface area contributed by atoms with Crippen LogP contribution in [0.4, 0.5) is 0 Å². The fraction of sp³-hybridized carbons (Fsp3) is 0.571. The van der Waals surface area contributed by atoms with Crippen molar-refractivity contribution < 1.29 is 0 Å². The Hall–Kier alpha value is -1.42. The molecule has 0 aromatic carbocycles. The number of likely N-dealkylation sites (tertiary alicyclic amines) is 1. The van der Waals surface area contributed by atoms with Crippen molar-refractivity contribution in [2.24, 2.45) is 5.92 Å². The monoisotopic (exact) mass is 244 g/mol. The highest BCUT2D eigenvalue weighted by Gasteiger charge is 2.20. The molecule has 0 saturated carbocycles. The lowest BCUT2D eigenvalue weighted by Gasteiger charge is -2.31. The van der Waals surface area contributed by atoms with Crippen LogP contribution >= 0.6 is 0 Å². The zero-order valence-electron chi connectivity index (χ0n) is 10.9. The Kier molecular flexibility index (Phi) is 3.28. The second-order valence-electron chi connectivity index (χ2n) is 5.14. The molecule has 1 saturated heterocycles. The van der Waals surface area contributed by atoms with Crippen molar-refractivity contribution in [2.45, 2.75) is 26.2 Å². The average molecular weight is 244 g/mol. The minimum Gasteiger partial charge on any atom is -0.303 e. The number of piperidine rings is 1. The third-order valence-corrected chi connectivity index (χ3v) is 3.81. The van der Waals surface area contributed by atoms with E-state index in [4.69, 9.17) is 0 Å². The average Bonchev–Trinajstić information content (AvgIpc) is 2.81. The van der Waals surface area contributed by atoms with Crippen molar-refractivity contribution in [1.29, 1.82) is 0 Å². The summed E-state index contributed by atoms with van der Waals surface area (Å²) in [5, 5.41) is 4.54. The van der Waals surface area contributed by atoms with Crippen LogP contribution in [0.2, 0.25) is 0 Å². The van der Waals surface area contributed by atoms with E-state index in [1.54, 1.807) is 0 Å². The van der Waals surface area contributed by atoms with Gasteiger partial charge in [0.05, 0.1) is 0 Å². The highest BCUT2D eigenvalue weighted by molar-refractivity contribution is 5.36. The Labute approximate surface area is 108 Å². The molecule has 1 aliphatic heterocycles. The van der Waals surface area contributed by atoms with E-state index in [1.165, 1.54) is 25.9 Å². The van der Waals surface area contributed by atoms with Crippen LogP contribution in [0.5, 0.6) is 0 Å². The van der Waals surface area contributed by atoms with Gasteiger partial charge in [-0.1, -0.05) is 13.0 Å². The summed E-state index contributed by atoms with van der Waals surface area (Å²) in [4.78, 5) is 7.12. The molecule has 1 unspecified atom stereocenters. The summed E-state index contributed by atoms with van der Waals surface area (Å²) < 4.78 is 1.87. The number of nitrogens with zero attached hydrogens (tertiary/aromatic N) is 4. The molecule has 1 atom stereocenters. The molecule has 4 heteroatoms. The first kappa shape index (κ1) is 11.7. The lowest BCUT2D eigenvalue weighted by molar-refractivity contribution is 0.181. The van der Waals surface area contributed by atoms with E-state index in [0.29, 0.717) is 0 Å². The molecule has 3 heterocycles. The summed E-state index contributed by atoms with van der Waals surface area (Å²) in [6.45, 7) is 5.86. The third-order valence-electron chi connectivity index (χ3n) is 3.81. The van der Waals surface area contributed by atoms with Crippen LogP contribution in [0.3, 0.4) is 0 Å². The molecule has 96 valence electrons. The molecule has 0 bridgehead atoms. The zero-order chi connectivity index (χ0) is 12.4. The summed E-state index contributed by atoms with van der Waals surface area (Å²) >= 11 is 0. The smallest absolute Gasteiger partial charge is 0.155 e. The molecular formula is C14H20N4. The van der Waals surface area contributed by atoms with Gasteiger partial charge < -0.3 is 4.90 Å². The number of pyridine rings is 1. The minimum atomic E-state index is 0.719. The maximum atomic E-state index is 4.59. The van der Waals surface area contributed by atoms with Crippen LogP contribution in [-0.2, 0) is 6.42 Å². The van der Waals surface area contributed by atoms with Gasteiger partial charge in [-0.25, -0.2) is 9.50 Å². The Bertz CT molecular complexity index is 486. The van der Waals surface area contributed by atoms with Crippen molar-refractivity contribution in [3.8, 4) is 0 Å². The van der Waals surface area contributed by atoms with Crippen LogP contribution < -0.4 is 0 Å². The fourth-order valence-corrected chi connectivity index (χ4v) is 2.83. The standard InChI is InChI=1S/C14H20N4/c1-2-17-8-5-6-12(11-17)10-13-15-14-7-3-4-9-18(14)16-13/h3-4,7,9,12H,2,5-6,8,10-11H2,1H3. The molecular weight excluding hydrogens is 224 g/mol. The number of hydrogen-bond acceptors (Lipinski definition) is 3. The first-order valence-corrected chi connectivity index (χ1v) is 6.88. The van der Waals surface area contributed by atoms with Crippen molar-refractivity contribution in [3.05, 3.63) is 30.2 Å². The largest absolute Gasteiger partial charge is 0.303 e. The summed E-state index contributed by atoms with van der Waals surface area (Å²) in [6, 6.07) is 6.01. The first-order chi connectivity index (χ1) is 8.85. The lowest BCUT2D eigenvalue weighted by Crippen LogP contribution is -2.36. The molecule has 2 aromatic rings. The summed E-state index contributed by atoms with van der Waals surface area (Å²) in [7, 11) is 0. The van der Waals surface area contributed by atoms with Crippen LogP contribution in [-0.4, -0.2) is 39.1 Å². The van der Waals surface area contributed by atoms with Gasteiger partial charge in [-0.05, 0) is 44.0 Å². The number of hydrogen-bond donors (Lipinski definition) is 0. The number of aromatic nitrogens is 3. The second-order valence-corrected chi connectivity index (χ2v) is 5.14. The topological polar surface area (TPSA) is 33.4 Å². The van der Waals surface area contributed by atoms with Gasteiger partial charge in [-0.3, -0.25) is 0 Å². The van der Waals surface area contributed by atoms with Gasteiger partial charge in [-0.15, -0.1) is 0 Å². The summed E-state index contributed by atoms with van der Waals surface area (Å²) in [5.74, 6) is 1.71. The minimum absolute atomic E-state index is 0.719. The normalized spacial score (nSPS) is 21.5. The van der Waals surface area contributed by atoms with Crippen molar-refractivity contribution >= 4 is 5.65 Å². The number of rotatable bonds is 3. The molecule has 2 aromatic heterocycles. The zero-order valence-corrected chi connectivity index (χ0v) is 10.9. The lowest BCUT2D eigenvalue weighted by atomic mass is 9.94.